The van der Waals surface area contributed by atoms with Crippen molar-refractivity contribution in [3.05, 3.63) is 11.8 Å². The van der Waals surface area contributed by atoms with Crippen LogP contribution in [-0.4, -0.2) is 18.5 Å². The molecule has 1 aliphatic rings. The van der Waals surface area contributed by atoms with Gasteiger partial charge in [-0.3, -0.25) is 9.59 Å². The second-order valence-corrected chi connectivity index (χ2v) is 4.67. The number of ether oxygens (including phenoxy) is 2. The molecule has 0 bridgehead atoms. The molecular formula is C12H18O4. The van der Waals surface area contributed by atoms with Crippen LogP contribution in [0.25, 0.3) is 0 Å². The minimum Gasteiger partial charge on any atom is -0.466 e. The third kappa shape index (κ3) is 4.04. The highest BCUT2D eigenvalue weighted by Crippen LogP contribution is 2.36. The van der Waals surface area contributed by atoms with Gasteiger partial charge in [-0.05, 0) is 24.8 Å². The Balaban J connectivity index is 2.33. The van der Waals surface area contributed by atoms with Crippen LogP contribution in [0.2, 0.25) is 0 Å². The van der Waals surface area contributed by atoms with Gasteiger partial charge in [0.05, 0.1) is 6.61 Å². The Labute approximate surface area is 95.6 Å². The number of allylic oxidation sites excluding steroid dienone is 2. The fourth-order valence-electron chi connectivity index (χ4n) is 1.60. The summed E-state index contributed by atoms with van der Waals surface area (Å²) >= 11 is 0. The number of rotatable bonds is 4. The van der Waals surface area contributed by atoms with Crippen LogP contribution in [0.1, 0.15) is 40.0 Å². The first-order valence-electron chi connectivity index (χ1n) is 5.48. The second-order valence-electron chi connectivity index (χ2n) is 4.67. The van der Waals surface area contributed by atoms with Crippen LogP contribution in [-0.2, 0) is 19.1 Å². The number of carbonyl (C=O) groups excluding carboxylic acids is 2. The molecule has 0 spiro atoms. The van der Waals surface area contributed by atoms with Crippen LogP contribution in [0.3, 0.4) is 0 Å². The largest absolute Gasteiger partial charge is 0.466 e. The van der Waals surface area contributed by atoms with Crippen molar-refractivity contribution in [3.8, 4) is 0 Å². The molecule has 1 aliphatic carbocycles. The Morgan fingerprint density at radius 3 is 2.56 bits per heavy atom. The zero-order valence-corrected chi connectivity index (χ0v) is 10.0. The Kier molecular flexibility index (Phi) is 4.10. The van der Waals surface area contributed by atoms with E-state index in [1.54, 1.807) is 6.92 Å². The van der Waals surface area contributed by atoms with Crippen molar-refractivity contribution >= 4 is 11.9 Å². The highest BCUT2D eigenvalue weighted by molar-refractivity contribution is 5.91. The quantitative estimate of drug-likeness (QED) is 0.544. The lowest BCUT2D eigenvalue weighted by Gasteiger charge is -2.16. The van der Waals surface area contributed by atoms with Gasteiger partial charge in [0.25, 0.3) is 0 Å². The van der Waals surface area contributed by atoms with Crippen LogP contribution in [0.5, 0.6) is 0 Å². The van der Waals surface area contributed by atoms with E-state index < -0.39 is 11.9 Å². The third-order valence-corrected chi connectivity index (χ3v) is 2.37. The summed E-state index contributed by atoms with van der Waals surface area (Å²) in [5.74, 6) is -0.410. The maximum absolute atomic E-state index is 11.3. The van der Waals surface area contributed by atoms with E-state index in [-0.39, 0.29) is 18.4 Å². The lowest BCUT2D eigenvalue weighted by Crippen LogP contribution is -2.14. The number of carbonyl (C=O) groups is 2. The smallest absolute Gasteiger partial charge is 0.322 e. The summed E-state index contributed by atoms with van der Waals surface area (Å²) in [7, 11) is 0. The number of hydrogen-bond donors (Lipinski definition) is 0. The van der Waals surface area contributed by atoms with Crippen molar-refractivity contribution in [2.45, 2.75) is 40.0 Å². The monoisotopic (exact) mass is 226 g/mol. The van der Waals surface area contributed by atoms with Crippen molar-refractivity contribution in [3.63, 3.8) is 0 Å². The zero-order chi connectivity index (χ0) is 12.2. The molecule has 0 aromatic heterocycles. The molecule has 0 N–H and O–H groups in total. The number of hydrogen-bond acceptors (Lipinski definition) is 4. The van der Waals surface area contributed by atoms with Gasteiger partial charge in [-0.15, -0.1) is 0 Å². The SMILES string of the molecule is CCOC(=O)CC(=O)OC1=CCC(C)(C)C1. The van der Waals surface area contributed by atoms with Crippen LogP contribution in [0.4, 0.5) is 0 Å². The summed E-state index contributed by atoms with van der Waals surface area (Å²) in [5.41, 5.74) is 0.152. The summed E-state index contributed by atoms with van der Waals surface area (Å²) in [6.07, 6.45) is 3.23. The lowest BCUT2D eigenvalue weighted by molar-refractivity contribution is -0.152. The average molecular weight is 226 g/mol. The minimum absolute atomic E-state index is 0.152. The lowest BCUT2D eigenvalue weighted by atomic mass is 9.91. The van der Waals surface area contributed by atoms with Crippen LogP contribution >= 0.6 is 0 Å². The average Bonchev–Trinajstić information content (AvgIpc) is 2.45. The molecule has 16 heavy (non-hydrogen) atoms. The molecule has 0 heterocycles. The van der Waals surface area contributed by atoms with Gasteiger partial charge in [-0.25, -0.2) is 0 Å². The van der Waals surface area contributed by atoms with E-state index in [0.29, 0.717) is 5.76 Å². The minimum atomic E-state index is -0.539. The molecule has 0 atom stereocenters. The summed E-state index contributed by atoms with van der Waals surface area (Å²) in [4.78, 5) is 22.3. The van der Waals surface area contributed by atoms with E-state index in [1.165, 1.54) is 0 Å². The maximum atomic E-state index is 11.3. The molecule has 0 fully saturated rings. The molecule has 90 valence electrons. The Morgan fingerprint density at radius 1 is 1.38 bits per heavy atom. The molecule has 0 radical (unpaired) electrons. The van der Waals surface area contributed by atoms with Gasteiger partial charge in [0, 0.05) is 6.42 Å². The van der Waals surface area contributed by atoms with Crippen LogP contribution < -0.4 is 0 Å². The van der Waals surface area contributed by atoms with E-state index in [9.17, 15) is 9.59 Å². The summed E-state index contributed by atoms with van der Waals surface area (Å²) < 4.78 is 9.74. The van der Waals surface area contributed by atoms with Gasteiger partial charge < -0.3 is 9.47 Å². The summed E-state index contributed by atoms with van der Waals surface area (Å²) in [6, 6.07) is 0. The second kappa shape index (κ2) is 5.14. The van der Waals surface area contributed by atoms with Gasteiger partial charge >= 0.3 is 11.9 Å². The Bertz CT molecular complexity index is 315. The Hall–Kier alpha value is -1.32. The van der Waals surface area contributed by atoms with Crippen molar-refractivity contribution in [1.29, 1.82) is 0 Å². The molecule has 4 nitrogen and oxygen atoms in total. The van der Waals surface area contributed by atoms with E-state index >= 15 is 0 Å². The number of esters is 2. The molecule has 0 aromatic carbocycles. The van der Waals surface area contributed by atoms with Crippen molar-refractivity contribution < 1.29 is 19.1 Å². The molecule has 1 rings (SSSR count). The topological polar surface area (TPSA) is 52.6 Å². The van der Waals surface area contributed by atoms with Gasteiger partial charge in [0.2, 0.25) is 0 Å². The maximum Gasteiger partial charge on any atom is 0.322 e. The van der Waals surface area contributed by atoms with Gasteiger partial charge in [-0.1, -0.05) is 13.8 Å². The predicted octanol–water partition coefficient (Wildman–Crippen LogP) is 2.19. The first-order valence-corrected chi connectivity index (χ1v) is 5.48. The van der Waals surface area contributed by atoms with Crippen LogP contribution in [0.15, 0.2) is 11.8 Å². The van der Waals surface area contributed by atoms with Gasteiger partial charge in [-0.2, -0.15) is 0 Å². The third-order valence-electron chi connectivity index (χ3n) is 2.37. The molecule has 0 aliphatic heterocycles. The van der Waals surface area contributed by atoms with Gasteiger partial charge in [0.15, 0.2) is 0 Å². The summed E-state index contributed by atoms with van der Waals surface area (Å²) in [6.45, 7) is 6.19. The van der Waals surface area contributed by atoms with E-state index in [4.69, 9.17) is 4.74 Å². The van der Waals surface area contributed by atoms with Gasteiger partial charge in [0.1, 0.15) is 12.2 Å². The van der Waals surface area contributed by atoms with E-state index in [1.807, 2.05) is 6.08 Å². The summed E-state index contributed by atoms with van der Waals surface area (Å²) in [5, 5.41) is 0. The molecule has 0 saturated heterocycles. The highest BCUT2D eigenvalue weighted by Gasteiger charge is 2.27. The molecular weight excluding hydrogens is 208 g/mol. The van der Waals surface area contributed by atoms with Crippen molar-refractivity contribution in [1.82, 2.24) is 0 Å². The fraction of sp³-hybridized carbons (Fsp3) is 0.667. The first kappa shape index (κ1) is 12.7. The highest BCUT2D eigenvalue weighted by atomic mass is 16.6. The fourth-order valence-corrected chi connectivity index (χ4v) is 1.60. The first-order chi connectivity index (χ1) is 7.43. The van der Waals surface area contributed by atoms with E-state index in [2.05, 4.69) is 18.6 Å². The van der Waals surface area contributed by atoms with Crippen LogP contribution in [0, 0.1) is 5.41 Å². The van der Waals surface area contributed by atoms with E-state index in [0.717, 1.165) is 12.8 Å². The molecule has 4 heteroatoms. The van der Waals surface area contributed by atoms with Crippen molar-refractivity contribution in [2.24, 2.45) is 5.41 Å². The zero-order valence-electron chi connectivity index (χ0n) is 10.0. The predicted molar refractivity (Wildman–Crippen MR) is 58.4 cm³/mol. The molecule has 0 aromatic rings. The van der Waals surface area contributed by atoms with Crippen molar-refractivity contribution in [2.75, 3.05) is 6.61 Å². The Morgan fingerprint density at radius 2 is 2.06 bits per heavy atom. The standard InChI is InChI=1S/C12H18O4/c1-4-15-10(13)7-11(14)16-9-5-6-12(2,3)8-9/h5H,4,6-8H2,1-3H3. The molecule has 0 saturated carbocycles. The molecule has 0 unspecified atom stereocenters. The normalized spacial score (nSPS) is 17.8. The molecule has 0 amide bonds.